The molecule has 4 rings (SSSR count). The van der Waals surface area contributed by atoms with Crippen LogP contribution in [0.3, 0.4) is 0 Å². The molecule has 6 heteroatoms. The van der Waals surface area contributed by atoms with Gasteiger partial charge in [-0.2, -0.15) is 0 Å². The first-order chi connectivity index (χ1) is 11.2. The van der Waals surface area contributed by atoms with Crippen LogP contribution in [0, 0.1) is 6.92 Å². The van der Waals surface area contributed by atoms with Gasteiger partial charge in [-0.1, -0.05) is 41.7 Å². The fourth-order valence-corrected chi connectivity index (χ4v) is 3.26. The average molecular weight is 320 g/mol. The monoisotopic (exact) mass is 320 g/mol. The molecule has 0 aliphatic heterocycles. The van der Waals surface area contributed by atoms with E-state index in [1.54, 1.807) is 6.20 Å². The van der Waals surface area contributed by atoms with E-state index in [0.29, 0.717) is 5.13 Å². The summed E-state index contributed by atoms with van der Waals surface area (Å²) in [6.07, 6.45) is 3.04. The molecule has 0 aliphatic rings. The number of carbonyl (C=O) groups excluding carboxylic acids is 1. The van der Waals surface area contributed by atoms with E-state index in [9.17, 15) is 4.79 Å². The molecule has 112 valence electrons. The van der Waals surface area contributed by atoms with Crippen molar-refractivity contribution in [1.29, 1.82) is 0 Å². The van der Waals surface area contributed by atoms with E-state index in [1.807, 2.05) is 37.3 Å². The normalized spacial score (nSPS) is 11.0. The lowest BCUT2D eigenvalue weighted by molar-refractivity contribution is 0.102. The Kier molecular flexibility index (Phi) is 3.24. The summed E-state index contributed by atoms with van der Waals surface area (Å²) < 4.78 is 1.04. The molecule has 0 fully saturated rings. The fourth-order valence-electron chi connectivity index (χ4n) is 2.39. The molecule has 0 saturated carbocycles. The molecule has 2 heterocycles. The summed E-state index contributed by atoms with van der Waals surface area (Å²) in [7, 11) is 0. The number of nitrogens with zero attached hydrogens (tertiary/aromatic N) is 3. The maximum atomic E-state index is 12.2. The number of fused-ring (bicyclic) bond motifs is 3. The van der Waals surface area contributed by atoms with E-state index < -0.39 is 0 Å². The van der Waals surface area contributed by atoms with E-state index >= 15 is 0 Å². The first-order valence-electron chi connectivity index (χ1n) is 7.09. The summed E-state index contributed by atoms with van der Waals surface area (Å²) >= 11 is 1.45. The molecule has 0 atom stereocenters. The maximum Gasteiger partial charge on any atom is 0.277 e. The summed E-state index contributed by atoms with van der Waals surface area (Å²) in [5.74, 6) is -0.305. The largest absolute Gasteiger partial charge is 0.296 e. The zero-order chi connectivity index (χ0) is 15.8. The van der Waals surface area contributed by atoms with Crippen LogP contribution in [0.25, 0.3) is 21.0 Å². The van der Waals surface area contributed by atoms with Crippen molar-refractivity contribution < 1.29 is 4.79 Å². The molecule has 2 aromatic heterocycles. The van der Waals surface area contributed by atoms with Crippen molar-refractivity contribution in [2.75, 3.05) is 5.32 Å². The Hall–Kier alpha value is -2.86. The third-order valence-corrected chi connectivity index (χ3v) is 4.45. The van der Waals surface area contributed by atoms with Gasteiger partial charge < -0.3 is 0 Å². The molecule has 0 bridgehead atoms. The first kappa shape index (κ1) is 13.8. The van der Waals surface area contributed by atoms with Crippen molar-refractivity contribution >= 4 is 43.4 Å². The third-order valence-electron chi connectivity index (χ3n) is 3.52. The van der Waals surface area contributed by atoms with Crippen molar-refractivity contribution in [3.8, 4) is 0 Å². The number of aromatic nitrogens is 3. The number of nitrogens with one attached hydrogen (secondary N) is 1. The number of hydrogen-bond donors (Lipinski definition) is 1. The predicted molar refractivity (Wildman–Crippen MR) is 91.8 cm³/mol. The molecule has 0 radical (unpaired) electrons. The molecule has 5 nitrogen and oxygen atoms in total. The lowest BCUT2D eigenvalue weighted by Crippen LogP contribution is -2.13. The van der Waals surface area contributed by atoms with Gasteiger partial charge in [-0.25, -0.2) is 9.97 Å². The highest BCUT2D eigenvalue weighted by atomic mass is 32.1. The molecule has 4 aromatic rings. The Morgan fingerprint density at radius 2 is 1.96 bits per heavy atom. The number of hydrogen-bond acceptors (Lipinski definition) is 5. The minimum absolute atomic E-state index is 0.278. The van der Waals surface area contributed by atoms with Crippen LogP contribution in [0.5, 0.6) is 0 Å². The Labute approximate surface area is 136 Å². The van der Waals surface area contributed by atoms with E-state index in [-0.39, 0.29) is 11.6 Å². The molecule has 1 amide bonds. The second-order valence-corrected chi connectivity index (χ2v) is 6.18. The summed E-state index contributed by atoms with van der Waals surface area (Å²) in [4.78, 5) is 24.9. The average Bonchev–Trinajstić information content (AvgIpc) is 2.98. The number of anilines is 1. The molecule has 2 aromatic carbocycles. The molecule has 23 heavy (non-hydrogen) atoms. The van der Waals surface area contributed by atoms with E-state index in [1.165, 1.54) is 17.5 Å². The summed E-state index contributed by atoms with van der Waals surface area (Å²) in [6.45, 7) is 1.83. The van der Waals surface area contributed by atoms with E-state index in [4.69, 9.17) is 0 Å². The molecular formula is C17H12N4OS. The number of aryl methyl sites for hydroxylation is 1. The topological polar surface area (TPSA) is 67.8 Å². The van der Waals surface area contributed by atoms with Gasteiger partial charge in [0.05, 0.1) is 22.1 Å². The SMILES string of the molecule is Cc1cnc(C(=O)Nc2nc3c(ccc4ccccc43)s2)cn1. The van der Waals surface area contributed by atoms with Gasteiger partial charge in [-0.15, -0.1) is 0 Å². The van der Waals surface area contributed by atoms with Crippen LogP contribution >= 0.6 is 11.3 Å². The molecule has 0 aliphatic carbocycles. The maximum absolute atomic E-state index is 12.2. The van der Waals surface area contributed by atoms with Gasteiger partial charge in [0.15, 0.2) is 5.13 Å². The highest BCUT2D eigenvalue weighted by molar-refractivity contribution is 7.22. The van der Waals surface area contributed by atoms with Crippen LogP contribution in [-0.4, -0.2) is 20.9 Å². The molecule has 0 spiro atoms. The van der Waals surface area contributed by atoms with Crippen LogP contribution < -0.4 is 5.32 Å². The Morgan fingerprint density at radius 3 is 2.78 bits per heavy atom. The summed E-state index contributed by atoms with van der Waals surface area (Å²) in [5, 5.41) is 5.57. The fraction of sp³-hybridized carbons (Fsp3) is 0.0588. The van der Waals surface area contributed by atoms with Crippen LogP contribution in [0.15, 0.2) is 48.8 Å². The number of benzene rings is 2. The van der Waals surface area contributed by atoms with E-state index in [2.05, 4.69) is 26.3 Å². The lowest BCUT2D eigenvalue weighted by atomic mass is 10.1. The number of carbonyl (C=O) groups is 1. The molecular weight excluding hydrogens is 308 g/mol. The Balaban J connectivity index is 1.70. The third kappa shape index (κ3) is 2.53. The Bertz CT molecular complexity index is 1020. The van der Waals surface area contributed by atoms with Gasteiger partial charge in [0.2, 0.25) is 0 Å². The quantitative estimate of drug-likeness (QED) is 0.610. The van der Waals surface area contributed by atoms with Gasteiger partial charge in [0.1, 0.15) is 5.69 Å². The number of thiazole rings is 1. The van der Waals surface area contributed by atoms with Crippen molar-refractivity contribution in [2.45, 2.75) is 6.92 Å². The minimum Gasteiger partial charge on any atom is -0.296 e. The minimum atomic E-state index is -0.305. The number of amides is 1. The van der Waals surface area contributed by atoms with Gasteiger partial charge in [-0.3, -0.25) is 15.1 Å². The smallest absolute Gasteiger partial charge is 0.277 e. The summed E-state index contributed by atoms with van der Waals surface area (Å²) in [6, 6.07) is 12.2. The molecule has 0 saturated heterocycles. The summed E-state index contributed by atoms with van der Waals surface area (Å²) in [5.41, 5.74) is 1.95. The van der Waals surface area contributed by atoms with Crippen LogP contribution in [0.4, 0.5) is 5.13 Å². The number of rotatable bonds is 2. The van der Waals surface area contributed by atoms with Crippen LogP contribution in [-0.2, 0) is 0 Å². The van der Waals surface area contributed by atoms with E-state index in [0.717, 1.165) is 26.7 Å². The van der Waals surface area contributed by atoms with Gasteiger partial charge >= 0.3 is 0 Å². The standard InChI is InChI=1S/C17H12N4OS/c1-10-8-19-13(9-18-10)16(22)21-17-20-15-12-5-3-2-4-11(12)6-7-14(15)23-17/h2-9H,1H3,(H,20,21,22). The predicted octanol–water partition coefficient (Wildman–Crippen LogP) is 3.80. The van der Waals surface area contributed by atoms with Crippen molar-refractivity contribution in [3.63, 3.8) is 0 Å². The molecule has 0 unspecified atom stereocenters. The highest BCUT2D eigenvalue weighted by Gasteiger charge is 2.12. The zero-order valence-corrected chi connectivity index (χ0v) is 13.1. The van der Waals surface area contributed by atoms with Crippen molar-refractivity contribution in [2.24, 2.45) is 0 Å². The second-order valence-electron chi connectivity index (χ2n) is 5.15. The van der Waals surface area contributed by atoms with Crippen LogP contribution in [0.1, 0.15) is 16.2 Å². The van der Waals surface area contributed by atoms with Crippen molar-refractivity contribution in [1.82, 2.24) is 15.0 Å². The molecule has 1 N–H and O–H groups in total. The van der Waals surface area contributed by atoms with Crippen molar-refractivity contribution in [3.05, 3.63) is 60.2 Å². The zero-order valence-electron chi connectivity index (χ0n) is 12.3. The van der Waals surface area contributed by atoms with Gasteiger partial charge in [0.25, 0.3) is 5.91 Å². The lowest BCUT2D eigenvalue weighted by Gasteiger charge is -2.00. The second kappa shape index (κ2) is 5.40. The Morgan fingerprint density at radius 1 is 1.09 bits per heavy atom. The van der Waals surface area contributed by atoms with Gasteiger partial charge in [-0.05, 0) is 18.4 Å². The first-order valence-corrected chi connectivity index (χ1v) is 7.91. The highest BCUT2D eigenvalue weighted by Crippen LogP contribution is 2.31. The van der Waals surface area contributed by atoms with Gasteiger partial charge in [0, 0.05) is 11.6 Å². The van der Waals surface area contributed by atoms with Crippen LogP contribution in [0.2, 0.25) is 0 Å².